The van der Waals surface area contributed by atoms with Crippen LogP contribution in [0.25, 0.3) is 22.6 Å². The van der Waals surface area contributed by atoms with E-state index < -0.39 is 0 Å². The van der Waals surface area contributed by atoms with Crippen LogP contribution in [0.15, 0.2) is 60.0 Å². The van der Waals surface area contributed by atoms with E-state index in [1.54, 1.807) is 11.3 Å². The number of benzene rings is 2. The highest BCUT2D eigenvalue weighted by Gasteiger charge is 2.07. The smallest absolute Gasteiger partial charge is 0.204 e. The number of tetrazole rings is 1. The Morgan fingerprint density at radius 3 is 2.50 bits per heavy atom. The maximum atomic E-state index is 4.65. The van der Waals surface area contributed by atoms with Crippen molar-refractivity contribution in [2.24, 2.45) is 0 Å². The maximum Gasteiger partial charge on any atom is 0.204 e. The zero-order valence-electron chi connectivity index (χ0n) is 12.7. The van der Waals surface area contributed by atoms with E-state index >= 15 is 0 Å². The second-order valence-corrected chi connectivity index (χ2v) is 6.05. The van der Waals surface area contributed by atoms with Crippen LogP contribution in [0, 0.1) is 0 Å². The molecule has 0 saturated heterocycles. The minimum absolute atomic E-state index is 0.588. The number of H-pyrrole nitrogens is 1. The molecule has 0 atom stereocenters. The molecule has 2 aromatic carbocycles. The van der Waals surface area contributed by atoms with Crippen LogP contribution in [0.4, 0.5) is 5.13 Å². The molecule has 2 aromatic heterocycles. The molecule has 6 nitrogen and oxygen atoms in total. The highest BCUT2D eigenvalue weighted by atomic mass is 32.1. The summed E-state index contributed by atoms with van der Waals surface area (Å²) in [6.45, 7) is 0.768. The van der Waals surface area contributed by atoms with Crippen molar-refractivity contribution >= 4 is 16.5 Å². The second-order valence-electron chi connectivity index (χ2n) is 5.19. The van der Waals surface area contributed by atoms with Gasteiger partial charge in [0.2, 0.25) is 5.82 Å². The molecule has 2 heterocycles. The minimum atomic E-state index is 0.588. The third-order valence-corrected chi connectivity index (χ3v) is 4.37. The molecule has 0 aliphatic rings. The van der Waals surface area contributed by atoms with E-state index in [4.69, 9.17) is 0 Å². The second kappa shape index (κ2) is 6.59. The van der Waals surface area contributed by atoms with Gasteiger partial charge in [0.25, 0.3) is 0 Å². The Morgan fingerprint density at radius 2 is 1.75 bits per heavy atom. The Bertz CT molecular complexity index is 900. The first kappa shape index (κ1) is 14.5. The summed E-state index contributed by atoms with van der Waals surface area (Å²) in [6, 6.07) is 18.3. The first-order valence-electron chi connectivity index (χ1n) is 7.46. The number of nitrogens with zero attached hydrogens (tertiary/aromatic N) is 4. The van der Waals surface area contributed by atoms with E-state index in [1.165, 1.54) is 5.56 Å². The van der Waals surface area contributed by atoms with E-state index in [0.29, 0.717) is 5.82 Å². The van der Waals surface area contributed by atoms with Gasteiger partial charge in [0.15, 0.2) is 5.13 Å². The summed E-state index contributed by atoms with van der Waals surface area (Å²) >= 11 is 1.60. The number of rotatable bonds is 5. The van der Waals surface area contributed by atoms with Gasteiger partial charge in [0.1, 0.15) is 0 Å². The van der Waals surface area contributed by atoms with Crippen molar-refractivity contribution in [1.29, 1.82) is 0 Å². The van der Waals surface area contributed by atoms with Gasteiger partial charge in [-0.05, 0) is 10.8 Å². The Morgan fingerprint density at radius 1 is 0.958 bits per heavy atom. The van der Waals surface area contributed by atoms with Gasteiger partial charge in [-0.2, -0.15) is 5.21 Å². The van der Waals surface area contributed by atoms with E-state index in [9.17, 15) is 0 Å². The van der Waals surface area contributed by atoms with Crippen LogP contribution in [0.2, 0.25) is 0 Å². The molecule has 4 aromatic rings. The molecule has 0 aliphatic carbocycles. The van der Waals surface area contributed by atoms with E-state index in [0.717, 1.165) is 28.5 Å². The molecule has 7 heteroatoms. The third kappa shape index (κ3) is 3.16. The Hall–Kier alpha value is -3.06. The summed E-state index contributed by atoms with van der Waals surface area (Å²) in [5.41, 5.74) is 4.17. The van der Waals surface area contributed by atoms with Gasteiger partial charge in [-0.25, -0.2) is 4.98 Å². The van der Waals surface area contributed by atoms with Crippen LogP contribution in [-0.2, 0) is 6.54 Å². The molecule has 0 unspecified atom stereocenters. The van der Waals surface area contributed by atoms with Crippen LogP contribution >= 0.6 is 11.3 Å². The zero-order valence-corrected chi connectivity index (χ0v) is 13.5. The largest absolute Gasteiger partial charge is 0.357 e. The number of anilines is 1. The molecule has 0 saturated carbocycles. The molecular weight excluding hydrogens is 320 g/mol. The van der Waals surface area contributed by atoms with Crippen molar-refractivity contribution in [1.82, 2.24) is 25.6 Å². The molecule has 0 fully saturated rings. The summed E-state index contributed by atoms with van der Waals surface area (Å²) in [4.78, 5) is 4.65. The van der Waals surface area contributed by atoms with Crippen LogP contribution in [0.5, 0.6) is 0 Å². The predicted molar refractivity (Wildman–Crippen MR) is 94.5 cm³/mol. The van der Waals surface area contributed by atoms with Gasteiger partial charge >= 0.3 is 0 Å². The molecule has 24 heavy (non-hydrogen) atoms. The number of hydrogen-bond acceptors (Lipinski definition) is 6. The summed E-state index contributed by atoms with van der Waals surface area (Å²) in [5, 5.41) is 20.3. The number of nitrogens with one attached hydrogen (secondary N) is 2. The average molecular weight is 334 g/mol. The fourth-order valence-corrected chi connectivity index (χ4v) is 3.05. The van der Waals surface area contributed by atoms with E-state index in [1.807, 2.05) is 42.5 Å². The lowest BCUT2D eigenvalue weighted by atomic mass is 10.1. The van der Waals surface area contributed by atoms with Gasteiger partial charge in [0.05, 0.1) is 5.69 Å². The summed E-state index contributed by atoms with van der Waals surface area (Å²) in [5.74, 6) is 0.588. The van der Waals surface area contributed by atoms with Gasteiger partial charge in [-0.15, -0.1) is 21.5 Å². The Balaban J connectivity index is 1.46. The van der Waals surface area contributed by atoms with Crippen molar-refractivity contribution in [3.8, 4) is 22.6 Å². The number of hydrogen-bond donors (Lipinski definition) is 2. The fraction of sp³-hybridized carbons (Fsp3) is 0.0588. The number of aromatic amines is 1. The lowest BCUT2D eigenvalue weighted by Gasteiger charge is -2.02. The van der Waals surface area contributed by atoms with Gasteiger partial charge in [0, 0.05) is 23.1 Å². The maximum absolute atomic E-state index is 4.65. The summed E-state index contributed by atoms with van der Waals surface area (Å²) in [7, 11) is 0. The highest BCUT2D eigenvalue weighted by Crippen LogP contribution is 2.26. The number of thiazole rings is 1. The molecular formula is C17H14N6S. The molecule has 0 bridgehead atoms. The fourth-order valence-electron chi connectivity index (χ4n) is 2.34. The SMILES string of the molecule is c1ccc(CNc2nc(-c3ccc(-c4nn[nH]n4)cc3)cs2)cc1. The minimum Gasteiger partial charge on any atom is -0.357 e. The van der Waals surface area contributed by atoms with Crippen molar-refractivity contribution in [3.63, 3.8) is 0 Å². The standard InChI is InChI=1S/C17H14N6S/c1-2-4-12(5-3-1)10-18-17-19-15(11-24-17)13-6-8-14(9-7-13)16-20-22-23-21-16/h1-9,11H,10H2,(H,18,19)(H,20,21,22,23). The first-order chi connectivity index (χ1) is 11.9. The monoisotopic (exact) mass is 334 g/mol. The highest BCUT2D eigenvalue weighted by molar-refractivity contribution is 7.14. The normalized spacial score (nSPS) is 10.7. The summed E-state index contributed by atoms with van der Waals surface area (Å²) in [6.07, 6.45) is 0. The van der Waals surface area contributed by atoms with Gasteiger partial charge in [-0.3, -0.25) is 0 Å². The quantitative estimate of drug-likeness (QED) is 0.583. The molecule has 0 spiro atoms. The van der Waals surface area contributed by atoms with E-state index in [-0.39, 0.29) is 0 Å². The molecule has 2 N–H and O–H groups in total. The molecule has 118 valence electrons. The molecule has 0 aliphatic heterocycles. The molecule has 0 radical (unpaired) electrons. The van der Waals surface area contributed by atoms with Crippen molar-refractivity contribution in [2.75, 3.05) is 5.32 Å². The van der Waals surface area contributed by atoms with Crippen molar-refractivity contribution in [2.45, 2.75) is 6.54 Å². The van der Waals surface area contributed by atoms with Crippen LogP contribution < -0.4 is 5.32 Å². The molecule has 0 amide bonds. The zero-order chi connectivity index (χ0) is 16.2. The first-order valence-corrected chi connectivity index (χ1v) is 8.34. The third-order valence-electron chi connectivity index (χ3n) is 3.57. The Kier molecular flexibility index (Phi) is 3.99. The van der Waals surface area contributed by atoms with Crippen molar-refractivity contribution < 1.29 is 0 Å². The van der Waals surface area contributed by atoms with Crippen molar-refractivity contribution in [3.05, 3.63) is 65.5 Å². The number of aromatic nitrogens is 5. The average Bonchev–Trinajstić information content (AvgIpc) is 3.33. The van der Waals surface area contributed by atoms with E-state index in [2.05, 4.69) is 48.4 Å². The topological polar surface area (TPSA) is 79.4 Å². The van der Waals surface area contributed by atoms with Crippen LogP contribution in [-0.4, -0.2) is 25.6 Å². The van der Waals surface area contributed by atoms with Crippen LogP contribution in [0.3, 0.4) is 0 Å². The molecule has 4 rings (SSSR count). The lowest BCUT2D eigenvalue weighted by molar-refractivity contribution is 0.881. The predicted octanol–water partition coefficient (Wildman–Crippen LogP) is 3.60. The Labute approximate surface area is 142 Å². The van der Waals surface area contributed by atoms with Crippen LogP contribution in [0.1, 0.15) is 5.56 Å². The lowest BCUT2D eigenvalue weighted by Crippen LogP contribution is -1.98. The summed E-state index contributed by atoms with van der Waals surface area (Å²) < 4.78 is 0. The van der Waals surface area contributed by atoms with Gasteiger partial charge < -0.3 is 5.32 Å². The van der Waals surface area contributed by atoms with Gasteiger partial charge in [-0.1, -0.05) is 54.6 Å².